The first-order valence-corrected chi connectivity index (χ1v) is 10.4. The Morgan fingerprint density at radius 2 is 2.00 bits per heavy atom. The SMILES string of the molecule is Cl.Cl.O=C(NCCc1csc(N2CCCC2)n1)C1CC2CCCCC2N1. The Kier molecular flexibility index (Phi) is 8.45. The molecular weight excluding hydrogens is 391 g/mol. The monoisotopic (exact) mass is 420 g/mol. The number of halogens is 2. The Morgan fingerprint density at radius 3 is 2.77 bits per heavy atom. The largest absolute Gasteiger partial charge is 0.354 e. The fourth-order valence-electron chi connectivity index (χ4n) is 4.42. The number of nitrogens with zero attached hydrogens (tertiary/aromatic N) is 2. The second-order valence-electron chi connectivity index (χ2n) is 7.46. The van der Waals surface area contributed by atoms with Gasteiger partial charge in [-0.25, -0.2) is 4.98 Å². The van der Waals surface area contributed by atoms with Crippen molar-refractivity contribution in [3.05, 3.63) is 11.1 Å². The molecule has 0 aromatic carbocycles. The van der Waals surface area contributed by atoms with E-state index in [0.29, 0.717) is 12.6 Å². The zero-order valence-electron chi connectivity index (χ0n) is 15.1. The Hall–Kier alpha value is -0.560. The first-order valence-electron chi connectivity index (χ1n) is 9.53. The molecule has 26 heavy (non-hydrogen) atoms. The van der Waals surface area contributed by atoms with Gasteiger partial charge < -0.3 is 15.5 Å². The Labute approximate surface area is 172 Å². The number of nitrogens with one attached hydrogen (secondary N) is 2. The van der Waals surface area contributed by atoms with E-state index in [1.54, 1.807) is 11.3 Å². The lowest BCUT2D eigenvalue weighted by molar-refractivity contribution is -0.122. The van der Waals surface area contributed by atoms with Crippen LogP contribution in [-0.4, -0.2) is 42.6 Å². The van der Waals surface area contributed by atoms with Crippen molar-refractivity contribution in [3.8, 4) is 0 Å². The van der Waals surface area contributed by atoms with Crippen molar-refractivity contribution < 1.29 is 4.79 Å². The number of thiazole rings is 1. The highest BCUT2D eigenvalue weighted by Crippen LogP contribution is 2.33. The van der Waals surface area contributed by atoms with E-state index >= 15 is 0 Å². The molecule has 2 aliphatic heterocycles. The predicted octanol–water partition coefficient (Wildman–Crippen LogP) is 3.17. The molecule has 0 radical (unpaired) electrons. The number of carbonyl (C=O) groups excluding carboxylic acids is 1. The van der Waals surface area contributed by atoms with Gasteiger partial charge in [-0.15, -0.1) is 36.2 Å². The van der Waals surface area contributed by atoms with Crippen LogP contribution in [0.1, 0.15) is 50.6 Å². The molecule has 1 aromatic heterocycles. The van der Waals surface area contributed by atoms with E-state index in [9.17, 15) is 4.79 Å². The molecule has 0 spiro atoms. The lowest BCUT2D eigenvalue weighted by atomic mass is 9.85. The molecule has 3 atom stereocenters. The van der Waals surface area contributed by atoms with Crippen LogP contribution in [0.5, 0.6) is 0 Å². The summed E-state index contributed by atoms with van der Waals surface area (Å²) in [5.74, 6) is 0.899. The summed E-state index contributed by atoms with van der Waals surface area (Å²) in [5, 5.41) is 9.95. The van der Waals surface area contributed by atoms with E-state index in [1.165, 1.54) is 38.5 Å². The maximum atomic E-state index is 12.4. The third kappa shape index (κ3) is 5.03. The topological polar surface area (TPSA) is 57.3 Å². The number of rotatable bonds is 5. The molecular formula is C18H30Cl2N4OS. The minimum atomic E-state index is 0. The van der Waals surface area contributed by atoms with Crippen LogP contribution in [0.15, 0.2) is 5.38 Å². The smallest absolute Gasteiger partial charge is 0.237 e. The van der Waals surface area contributed by atoms with E-state index < -0.39 is 0 Å². The van der Waals surface area contributed by atoms with Crippen molar-refractivity contribution in [2.24, 2.45) is 5.92 Å². The van der Waals surface area contributed by atoms with Crippen molar-refractivity contribution in [3.63, 3.8) is 0 Å². The molecule has 1 amide bonds. The lowest BCUT2D eigenvalue weighted by Gasteiger charge is -2.24. The first-order chi connectivity index (χ1) is 11.8. The Morgan fingerprint density at radius 1 is 1.23 bits per heavy atom. The number of hydrogen-bond acceptors (Lipinski definition) is 5. The van der Waals surface area contributed by atoms with Crippen molar-refractivity contribution >= 4 is 47.2 Å². The minimum Gasteiger partial charge on any atom is -0.354 e. The summed E-state index contributed by atoms with van der Waals surface area (Å²) in [5.41, 5.74) is 1.11. The molecule has 148 valence electrons. The van der Waals surface area contributed by atoms with Gasteiger partial charge in [0.2, 0.25) is 5.91 Å². The van der Waals surface area contributed by atoms with Gasteiger partial charge in [-0.3, -0.25) is 4.79 Å². The van der Waals surface area contributed by atoms with Crippen LogP contribution in [-0.2, 0) is 11.2 Å². The summed E-state index contributed by atoms with van der Waals surface area (Å²) >= 11 is 1.73. The maximum absolute atomic E-state index is 12.4. The summed E-state index contributed by atoms with van der Waals surface area (Å²) in [7, 11) is 0. The minimum absolute atomic E-state index is 0. The van der Waals surface area contributed by atoms with Gasteiger partial charge in [0.05, 0.1) is 11.7 Å². The van der Waals surface area contributed by atoms with Crippen LogP contribution < -0.4 is 15.5 Å². The highest BCUT2D eigenvalue weighted by Gasteiger charge is 2.37. The highest BCUT2D eigenvalue weighted by molar-refractivity contribution is 7.13. The van der Waals surface area contributed by atoms with Gasteiger partial charge in [0.15, 0.2) is 5.13 Å². The quantitative estimate of drug-likeness (QED) is 0.767. The number of carbonyl (C=O) groups is 1. The van der Waals surface area contributed by atoms with Crippen LogP contribution >= 0.6 is 36.2 Å². The van der Waals surface area contributed by atoms with Crippen LogP contribution in [0, 0.1) is 5.92 Å². The molecule has 5 nitrogen and oxygen atoms in total. The zero-order valence-corrected chi connectivity index (χ0v) is 17.6. The third-order valence-electron chi connectivity index (χ3n) is 5.78. The fourth-order valence-corrected chi connectivity index (χ4v) is 5.34. The van der Waals surface area contributed by atoms with Gasteiger partial charge in [0.1, 0.15) is 0 Å². The van der Waals surface area contributed by atoms with Gasteiger partial charge >= 0.3 is 0 Å². The van der Waals surface area contributed by atoms with Gasteiger partial charge in [-0.2, -0.15) is 0 Å². The Bertz CT molecular complexity index is 565. The molecule has 3 aliphatic rings. The Balaban J connectivity index is 0.00000121. The van der Waals surface area contributed by atoms with Crippen molar-refractivity contribution in [2.75, 3.05) is 24.5 Å². The molecule has 1 aromatic rings. The molecule has 3 heterocycles. The van der Waals surface area contributed by atoms with Gasteiger partial charge in [0, 0.05) is 37.5 Å². The van der Waals surface area contributed by atoms with Crippen LogP contribution in [0.25, 0.3) is 0 Å². The average molecular weight is 421 g/mol. The molecule has 1 saturated carbocycles. The van der Waals surface area contributed by atoms with Gasteiger partial charge in [0.25, 0.3) is 0 Å². The molecule has 4 rings (SSSR count). The lowest BCUT2D eigenvalue weighted by Crippen LogP contribution is -2.43. The predicted molar refractivity (Wildman–Crippen MR) is 112 cm³/mol. The van der Waals surface area contributed by atoms with E-state index in [2.05, 4.69) is 20.9 Å². The number of amides is 1. The molecule has 3 fully saturated rings. The second kappa shape index (κ2) is 10.1. The van der Waals surface area contributed by atoms with Gasteiger partial charge in [-0.1, -0.05) is 12.8 Å². The normalized spacial score (nSPS) is 27.4. The molecule has 1 aliphatic carbocycles. The standard InChI is InChI=1S/C18H28N4OS.2ClH/c23-17(16-11-13-5-1-2-6-15(13)21-16)19-8-7-14-12-24-18(20-14)22-9-3-4-10-22;;/h12-13,15-16,21H,1-11H2,(H,19,23);2*1H. The molecule has 8 heteroatoms. The number of aromatic nitrogens is 1. The van der Waals surface area contributed by atoms with Gasteiger partial charge in [-0.05, 0) is 38.0 Å². The van der Waals surface area contributed by atoms with Crippen molar-refractivity contribution in [1.29, 1.82) is 0 Å². The average Bonchev–Trinajstić information content (AvgIpc) is 3.33. The van der Waals surface area contributed by atoms with Crippen molar-refractivity contribution in [2.45, 2.75) is 63.5 Å². The maximum Gasteiger partial charge on any atom is 0.237 e. The van der Waals surface area contributed by atoms with Crippen molar-refractivity contribution in [1.82, 2.24) is 15.6 Å². The number of anilines is 1. The molecule has 3 unspecified atom stereocenters. The summed E-state index contributed by atoms with van der Waals surface area (Å²) in [6, 6.07) is 0.602. The first kappa shape index (κ1) is 21.7. The number of fused-ring (bicyclic) bond motifs is 1. The summed E-state index contributed by atoms with van der Waals surface area (Å²) in [6.45, 7) is 2.97. The van der Waals surface area contributed by atoms with E-state index in [1.807, 2.05) is 0 Å². The fraction of sp³-hybridized carbons (Fsp3) is 0.778. The number of hydrogen-bond donors (Lipinski definition) is 2. The van der Waals surface area contributed by atoms with E-state index in [0.717, 1.165) is 42.7 Å². The summed E-state index contributed by atoms with van der Waals surface area (Å²) < 4.78 is 0. The molecule has 2 N–H and O–H groups in total. The highest BCUT2D eigenvalue weighted by atomic mass is 35.5. The van der Waals surface area contributed by atoms with E-state index in [4.69, 9.17) is 4.98 Å². The second-order valence-corrected chi connectivity index (χ2v) is 8.30. The van der Waals surface area contributed by atoms with E-state index in [-0.39, 0.29) is 36.8 Å². The van der Waals surface area contributed by atoms with Crippen LogP contribution in [0.4, 0.5) is 5.13 Å². The van der Waals surface area contributed by atoms with Crippen LogP contribution in [0.2, 0.25) is 0 Å². The summed E-state index contributed by atoms with van der Waals surface area (Å²) in [4.78, 5) is 19.5. The summed E-state index contributed by atoms with van der Waals surface area (Å²) in [6.07, 6.45) is 9.59. The molecule has 2 saturated heterocycles. The third-order valence-corrected chi connectivity index (χ3v) is 6.73. The molecule has 0 bridgehead atoms. The zero-order chi connectivity index (χ0) is 16.4. The van der Waals surface area contributed by atoms with Crippen LogP contribution in [0.3, 0.4) is 0 Å².